The number of para-hydroxylation sites is 1. The highest BCUT2D eigenvalue weighted by molar-refractivity contribution is 6.04. The lowest BCUT2D eigenvalue weighted by Gasteiger charge is -2.19. The quantitative estimate of drug-likeness (QED) is 0.732. The first-order valence-corrected chi connectivity index (χ1v) is 8.02. The molecule has 0 unspecified atom stereocenters. The number of pyridine rings is 1. The van der Waals surface area contributed by atoms with Crippen molar-refractivity contribution in [2.24, 2.45) is 0 Å². The number of fused-ring (bicyclic) bond motifs is 1. The number of carbonyl (C=O) groups excluding carboxylic acids is 1. The summed E-state index contributed by atoms with van der Waals surface area (Å²) in [4.78, 5) is 19.7. The third kappa shape index (κ3) is 3.38. The number of carbonyl (C=O) groups is 1. The number of benzene rings is 1. The molecule has 0 amide bonds. The lowest BCUT2D eigenvalue weighted by Crippen LogP contribution is -2.12. The average Bonchev–Trinajstić information content (AvgIpc) is 3.02. The van der Waals surface area contributed by atoms with Crippen LogP contribution >= 0.6 is 0 Å². The van der Waals surface area contributed by atoms with Gasteiger partial charge in [0, 0.05) is 29.5 Å². The van der Waals surface area contributed by atoms with Gasteiger partial charge in [-0.2, -0.15) is 5.26 Å². The summed E-state index contributed by atoms with van der Waals surface area (Å²) in [7, 11) is 0. The average molecular weight is 333 g/mol. The van der Waals surface area contributed by atoms with Crippen LogP contribution in [0.1, 0.15) is 47.8 Å². The van der Waals surface area contributed by atoms with Crippen LogP contribution < -0.4 is 0 Å². The maximum Gasteiger partial charge on any atom is 0.340 e. The van der Waals surface area contributed by atoms with Crippen LogP contribution in [0.3, 0.4) is 0 Å². The van der Waals surface area contributed by atoms with E-state index >= 15 is 0 Å². The summed E-state index contributed by atoms with van der Waals surface area (Å²) < 4.78 is 5.45. The molecule has 1 N–H and O–H groups in total. The third-order valence-corrected chi connectivity index (χ3v) is 4.09. The molecular weight excluding hydrogens is 314 g/mol. The van der Waals surface area contributed by atoms with E-state index < -0.39 is 5.97 Å². The molecule has 5 heteroatoms. The first kappa shape index (κ1) is 16.7. The number of nitrogens with one attached hydrogen (secondary N) is 1. The number of aromatic nitrogens is 2. The Labute approximate surface area is 146 Å². The molecule has 0 atom stereocenters. The van der Waals surface area contributed by atoms with Gasteiger partial charge in [0.25, 0.3) is 0 Å². The van der Waals surface area contributed by atoms with E-state index in [-0.39, 0.29) is 12.0 Å². The SMILES string of the molecule is CC(C)(C)c1cncc(COC(=O)c2cccc3c(C#N)c[nH]c23)c1. The van der Waals surface area contributed by atoms with E-state index in [0.29, 0.717) is 22.0 Å². The van der Waals surface area contributed by atoms with Crippen LogP contribution in [-0.2, 0) is 16.8 Å². The van der Waals surface area contributed by atoms with Gasteiger partial charge in [-0.05, 0) is 23.1 Å². The number of ether oxygens (including phenoxy) is 1. The number of aromatic amines is 1. The van der Waals surface area contributed by atoms with E-state index in [1.54, 1.807) is 30.6 Å². The molecule has 0 aliphatic carbocycles. The first-order chi connectivity index (χ1) is 11.9. The van der Waals surface area contributed by atoms with E-state index in [0.717, 1.165) is 11.1 Å². The molecule has 1 aromatic carbocycles. The van der Waals surface area contributed by atoms with Gasteiger partial charge in [-0.15, -0.1) is 0 Å². The minimum atomic E-state index is -0.432. The Balaban J connectivity index is 1.80. The van der Waals surface area contributed by atoms with Crippen molar-refractivity contribution in [1.82, 2.24) is 9.97 Å². The monoisotopic (exact) mass is 333 g/mol. The Morgan fingerprint density at radius 1 is 1.32 bits per heavy atom. The molecule has 25 heavy (non-hydrogen) atoms. The van der Waals surface area contributed by atoms with Crippen molar-refractivity contribution in [3.8, 4) is 6.07 Å². The maximum absolute atomic E-state index is 12.5. The number of rotatable bonds is 3. The molecule has 0 bridgehead atoms. The standard InChI is InChI=1S/C20H19N3O2/c1-20(2,3)15-7-13(9-22-11-15)12-25-19(24)17-6-4-5-16-14(8-21)10-23-18(16)17/h4-7,9-11,23H,12H2,1-3H3. The second-order valence-corrected chi connectivity index (χ2v) is 6.95. The minimum absolute atomic E-state index is 0.0173. The zero-order valence-corrected chi connectivity index (χ0v) is 14.5. The van der Waals surface area contributed by atoms with E-state index in [4.69, 9.17) is 10.00 Å². The number of nitriles is 1. The van der Waals surface area contributed by atoms with Crippen molar-refractivity contribution in [3.63, 3.8) is 0 Å². The molecule has 5 nitrogen and oxygen atoms in total. The van der Waals surface area contributed by atoms with Crippen LogP contribution in [0.5, 0.6) is 0 Å². The van der Waals surface area contributed by atoms with Crippen molar-refractivity contribution in [2.75, 3.05) is 0 Å². The number of nitrogens with zero attached hydrogens (tertiary/aromatic N) is 2. The molecule has 2 aromatic heterocycles. The van der Waals surface area contributed by atoms with Gasteiger partial charge in [0.2, 0.25) is 0 Å². The van der Waals surface area contributed by atoms with E-state index in [9.17, 15) is 4.79 Å². The normalized spacial score (nSPS) is 11.3. The summed E-state index contributed by atoms with van der Waals surface area (Å²) in [6, 6.07) is 9.34. The van der Waals surface area contributed by atoms with Gasteiger partial charge in [-0.3, -0.25) is 4.98 Å². The lowest BCUT2D eigenvalue weighted by atomic mass is 9.88. The van der Waals surface area contributed by atoms with Gasteiger partial charge in [-0.1, -0.05) is 32.9 Å². The fourth-order valence-corrected chi connectivity index (χ4v) is 2.62. The molecule has 0 fully saturated rings. The zero-order chi connectivity index (χ0) is 18.0. The van der Waals surface area contributed by atoms with Crippen molar-refractivity contribution < 1.29 is 9.53 Å². The Morgan fingerprint density at radius 2 is 2.12 bits per heavy atom. The summed E-state index contributed by atoms with van der Waals surface area (Å²) in [5.41, 5.74) is 3.45. The van der Waals surface area contributed by atoms with Gasteiger partial charge in [0.05, 0.1) is 16.6 Å². The van der Waals surface area contributed by atoms with E-state index in [1.165, 1.54) is 0 Å². The molecule has 3 rings (SSSR count). The zero-order valence-electron chi connectivity index (χ0n) is 14.5. The predicted molar refractivity (Wildman–Crippen MR) is 95.1 cm³/mol. The van der Waals surface area contributed by atoms with Crippen LogP contribution in [0.15, 0.2) is 42.9 Å². The fourth-order valence-electron chi connectivity index (χ4n) is 2.62. The lowest BCUT2D eigenvalue weighted by molar-refractivity contribution is 0.0474. The van der Waals surface area contributed by atoms with Crippen LogP contribution in [0, 0.1) is 11.3 Å². The first-order valence-electron chi connectivity index (χ1n) is 8.02. The summed E-state index contributed by atoms with van der Waals surface area (Å²) in [5, 5.41) is 9.82. The number of H-pyrrole nitrogens is 1. The van der Waals surface area contributed by atoms with Crippen LogP contribution in [-0.4, -0.2) is 15.9 Å². The molecular formula is C20H19N3O2. The molecule has 0 spiro atoms. The van der Waals surface area contributed by atoms with Crippen molar-refractivity contribution in [1.29, 1.82) is 5.26 Å². The van der Waals surface area contributed by atoms with Gasteiger partial charge < -0.3 is 9.72 Å². The number of esters is 1. The topological polar surface area (TPSA) is 78.8 Å². The van der Waals surface area contributed by atoms with Crippen molar-refractivity contribution in [3.05, 3.63) is 65.1 Å². The largest absolute Gasteiger partial charge is 0.457 e. The second kappa shape index (κ2) is 6.40. The molecule has 0 aliphatic heterocycles. The van der Waals surface area contributed by atoms with Crippen molar-refractivity contribution >= 4 is 16.9 Å². The van der Waals surface area contributed by atoms with Gasteiger partial charge in [0.1, 0.15) is 12.7 Å². The van der Waals surface area contributed by atoms with Crippen LogP contribution in [0.25, 0.3) is 10.9 Å². The fraction of sp³-hybridized carbons (Fsp3) is 0.250. The molecule has 0 saturated carbocycles. The second-order valence-electron chi connectivity index (χ2n) is 6.95. The minimum Gasteiger partial charge on any atom is -0.457 e. The third-order valence-electron chi connectivity index (χ3n) is 4.09. The summed E-state index contributed by atoms with van der Waals surface area (Å²) in [6.45, 7) is 6.48. The smallest absolute Gasteiger partial charge is 0.340 e. The molecule has 126 valence electrons. The highest BCUT2D eigenvalue weighted by Gasteiger charge is 2.17. The Bertz CT molecular complexity index is 975. The van der Waals surface area contributed by atoms with Crippen LogP contribution in [0.2, 0.25) is 0 Å². The Morgan fingerprint density at radius 3 is 2.84 bits per heavy atom. The highest BCUT2D eigenvalue weighted by atomic mass is 16.5. The summed E-state index contributed by atoms with van der Waals surface area (Å²) in [6.07, 6.45) is 5.12. The number of hydrogen-bond donors (Lipinski definition) is 1. The highest BCUT2D eigenvalue weighted by Crippen LogP contribution is 2.24. The molecule has 0 radical (unpaired) electrons. The summed E-state index contributed by atoms with van der Waals surface area (Å²) >= 11 is 0. The molecule has 0 aliphatic rings. The van der Waals surface area contributed by atoms with Gasteiger partial charge in [-0.25, -0.2) is 4.79 Å². The number of hydrogen-bond acceptors (Lipinski definition) is 4. The molecule has 3 aromatic rings. The van der Waals surface area contributed by atoms with Crippen molar-refractivity contribution in [2.45, 2.75) is 32.8 Å². The van der Waals surface area contributed by atoms with Gasteiger partial charge in [0.15, 0.2) is 0 Å². The molecule has 0 saturated heterocycles. The Kier molecular flexibility index (Phi) is 4.28. The van der Waals surface area contributed by atoms with Crippen LogP contribution in [0.4, 0.5) is 0 Å². The molecule has 2 heterocycles. The van der Waals surface area contributed by atoms with Gasteiger partial charge >= 0.3 is 5.97 Å². The van der Waals surface area contributed by atoms with E-state index in [1.807, 2.05) is 12.3 Å². The predicted octanol–water partition coefficient (Wildman–Crippen LogP) is 4.09. The maximum atomic E-state index is 12.5. The Hall–Kier alpha value is -3.13. The van der Waals surface area contributed by atoms with E-state index in [2.05, 4.69) is 36.8 Å². The summed E-state index contributed by atoms with van der Waals surface area (Å²) in [5.74, 6) is -0.432.